The van der Waals surface area contributed by atoms with Crippen LogP contribution in [0.4, 0.5) is 0 Å². The van der Waals surface area contributed by atoms with E-state index >= 15 is 0 Å². The normalized spacial score (nSPS) is 21.0. The summed E-state index contributed by atoms with van der Waals surface area (Å²) in [6, 6.07) is 33.1. The lowest BCUT2D eigenvalue weighted by Gasteiger charge is -2.43. The summed E-state index contributed by atoms with van der Waals surface area (Å²) in [5.41, 5.74) is 1.05. The lowest BCUT2D eigenvalue weighted by molar-refractivity contribution is -0.224. The number of esters is 4. The highest BCUT2D eigenvalue weighted by Gasteiger charge is 2.51. The highest BCUT2D eigenvalue weighted by molar-refractivity contribution is 5.91. The van der Waals surface area contributed by atoms with Crippen LogP contribution in [-0.4, -0.2) is 61.0 Å². The van der Waals surface area contributed by atoms with Gasteiger partial charge in [0.2, 0.25) is 0 Å². The van der Waals surface area contributed by atoms with Gasteiger partial charge < -0.3 is 23.7 Å². The Balaban J connectivity index is 1.48. The number of benzene rings is 4. The SMILES string of the molecule is C[C@H]1O[C@H](COC(=O)c2ccccc2)[C@@H](OC(=O)c2ccccc2)[C@H](OC(=O)c2ccccc2)[C@@H]1OC(=O)c1ccccc1. The van der Waals surface area contributed by atoms with Crippen LogP contribution in [-0.2, 0) is 23.7 Å². The Morgan fingerprint density at radius 2 is 0.841 bits per heavy atom. The van der Waals surface area contributed by atoms with Crippen LogP contribution >= 0.6 is 0 Å². The van der Waals surface area contributed by atoms with E-state index in [9.17, 15) is 19.2 Å². The maximum atomic E-state index is 13.4. The van der Waals surface area contributed by atoms with Gasteiger partial charge >= 0.3 is 23.9 Å². The van der Waals surface area contributed by atoms with E-state index in [0.29, 0.717) is 5.56 Å². The Labute approximate surface area is 254 Å². The van der Waals surface area contributed by atoms with Crippen LogP contribution in [0.15, 0.2) is 121 Å². The van der Waals surface area contributed by atoms with Gasteiger partial charge in [-0.2, -0.15) is 0 Å². The minimum atomic E-state index is -1.33. The molecule has 1 aliphatic rings. The molecular weight excluding hydrogens is 564 g/mol. The molecule has 4 aromatic rings. The lowest BCUT2D eigenvalue weighted by Crippen LogP contribution is -2.61. The third kappa shape index (κ3) is 7.37. The Kier molecular flexibility index (Phi) is 9.78. The highest BCUT2D eigenvalue weighted by Crippen LogP contribution is 2.31. The van der Waals surface area contributed by atoms with E-state index in [1.807, 2.05) is 0 Å². The maximum Gasteiger partial charge on any atom is 0.338 e. The van der Waals surface area contributed by atoms with E-state index in [-0.39, 0.29) is 23.3 Å². The van der Waals surface area contributed by atoms with Crippen molar-refractivity contribution in [1.29, 1.82) is 0 Å². The first kappa shape index (κ1) is 30.2. The summed E-state index contributed by atoms with van der Waals surface area (Å²) in [5, 5.41) is 0. The summed E-state index contributed by atoms with van der Waals surface area (Å²) >= 11 is 0. The van der Waals surface area contributed by atoms with E-state index in [1.54, 1.807) is 128 Å². The van der Waals surface area contributed by atoms with E-state index in [0.717, 1.165) is 0 Å². The summed E-state index contributed by atoms with van der Waals surface area (Å²) in [7, 11) is 0. The van der Waals surface area contributed by atoms with E-state index in [2.05, 4.69) is 0 Å². The minimum Gasteiger partial charge on any atom is -0.459 e. The summed E-state index contributed by atoms with van der Waals surface area (Å²) in [6.45, 7) is 1.29. The van der Waals surface area contributed by atoms with Crippen molar-refractivity contribution in [3.8, 4) is 0 Å². The Morgan fingerprint density at radius 1 is 0.500 bits per heavy atom. The topological polar surface area (TPSA) is 114 Å². The third-order valence-electron chi connectivity index (χ3n) is 7.01. The van der Waals surface area contributed by atoms with Crippen molar-refractivity contribution < 1.29 is 42.9 Å². The first-order valence-corrected chi connectivity index (χ1v) is 14.1. The predicted octanol–water partition coefficient (Wildman–Crippen LogP) is 5.31. The number of carbonyl (C=O) groups is 4. The molecule has 9 nitrogen and oxygen atoms in total. The molecule has 0 radical (unpaired) electrons. The van der Waals surface area contributed by atoms with Crippen molar-refractivity contribution in [2.45, 2.75) is 37.4 Å². The van der Waals surface area contributed by atoms with Crippen LogP contribution in [0.1, 0.15) is 48.4 Å². The van der Waals surface area contributed by atoms with Crippen molar-refractivity contribution in [3.05, 3.63) is 144 Å². The van der Waals surface area contributed by atoms with Gasteiger partial charge in [0.1, 0.15) is 12.7 Å². The van der Waals surface area contributed by atoms with Crippen molar-refractivity contribution in [3.63, 3.8) is 0 Å². The summed E-state index contributed by atoms with van der Waals surface area (Å²) in [5.74, 6) is -2.77. The maximum absolute atomic E-state index is 13.4. The van der Waals surface area contributed by atoms with Crippen LogP contribution in [0.3, 0.4) is 0 Å². The van der Waals surface area contributed by atoms with Crippen LogP contribution in [0.5, 0.6) is 0 Å². The summed E-state index contributed by atoms with van der Waals surface area (Å²) in [6.07, 6.45) is -5.78. The lowest BCUT2D eigenvalue weighted by atomic mass is 9.94. The largest absolute Gasteiger partial charge is 0.459 e. The molecule has 4 aromatic carbocycles. The highest BCUT2D eigenvalue weighted by atomic mass is 16.7. The molecule has 224 valence electrons. The second-order valence-electron chi connectivity index (χ2n) is 10.1. The van der Waals surface area contributed by atoms with Gasteiger partial charge in [0.25, 0.3) is 0 Å². The molecule has 0 aliphatic carbocycles. The van der Waals surface area contributed by atoms with Gasteiger partial charge in [-0.05, 0) is 55.5 Å². The van der Waals surface area contributed by atoms with Crippen molar-refractivity contribution >= 4 is 23.9 Å². The molecule has 0 unspecified atom stereocenters. The summed E-state index contributed by atoms with van der Waals surface area (Å²) < 4.78 is 29.5. The van der Waals surface area contributed by atoms with Crippen LogP contribution < -0.4 is 0 Å². The van der Waals surface area contributed by atoms with Gasteiger partial charge in [0, 0.05) is 0 Å². The number of hydrogen-bond donors (Lipinski definition) is 0. The quantitative estimate of drug-likeness (QED) is 0.188. The number of hydrogen-bond acceptors (Lipinski definition) is 9. The average Bonchev–Trinajstić information content (AvgIpc) is 3.07. The fourth-order valence-corrected chi connectivity index (χ4v) is 4.78. The Hall–Kier alpha value is -5.28. The second kappa shape index (κ2) is 14.3. The zero-order chi connectivity index (χ0) is 30.9. The molecule has 0 saturated carbocycles. The Bertz CT molecular complexity index is 1560. The van der Waals surface area contributed by atoms with E-state index in [1.165, 1.54) is 0 Å². The molecule has 5 rings (SSSR count). The minimum absolute atomic E-state index is 0.233. The molecule has 5 atom stereocenters. The monoisotopic (exact) mass is 594 g/mol. The van der Waals surface area contributed by atoms with Gasteiger partial charge in [-0.25, -0.2) is 19.2 Å². The molecule has 1 fully saturated rings. The molecule has 0 spiro atoms. The van der Waals surface area contributed by atoms with E-state index < -0.39 is 54.4 Å². The smallest absolute Gasteiger partial charge is 0.338 e. The van der Waals surface area contributed by atoms with Gasteiger partial charge in [-0.3, -0.25) is 0 Å². The van der Waals surface area contributed by atoms with Crippen LogP contribution in [0, 0.1) is 0 Å². The van der Waals surface area contributed by atoms with Crippen LogP contribution in [0.2, 0.25) is 0 Å². The van der Waals surface area contributed by atoms with Gasteiger partial charge in [-0.15, -0.1) is 0 Å². The van der Waals surface area contributed by atoms with Gasteiger partial charge in [0.05, 0.1) is 28.4 Å². The molecule has 0 bridgehead atoms. The van der Waals surface area contributed by atoms with Crippen molar-refractivity contribution in [2.24, 2.45) is 0 Å². The summed E-state index contributed by atoms with van der Waals surface area (Å²) in [4.78, 5) is 52.6. The molecule has 9 heteroatoms. The van der Waals surface area contributed by atoms with Crippen LogP contribution in [0.25, 0.3) is 0 Å². The fourth-order valence-electron chi connectivity index (χ4n) is 4.78. The first-order valence-electron chi connectivity index (χ1n) is 14.1. The molecule has 44 heavy (non-hydrogen) atoms. The third-order valence-corrected chi connectivity index (χ3v) is 7.01. The van der Waals surface area contributed by atoms with Crippen molar-refractivity contribution in [1.82, 2.24) is 0 Å². The molecule has 0 N–H and O–H groups in total. The second-order valence-corrected chi connectivity index (χ2v) is 10.1. The number of carbonyl (C=O) groups excluding carboxylic acids is 4. The molecule has 1 saturated heterocycles. The first-order chi connectivity index (χ1) is 21.4. The molecular formula is C35H30O9. The van der Waals surface area contributed by atoms with E-state index in [4.69, 9.17) is 23.7 Å². The number of ether oxygens (including phenoxy) is 5. The van der Waals surface area contributed by atoms with Crippen molar-refractivity contribution in [2.75, 3.05) is 6.61 Å². The number of rotatable bonds is 9. The molecule has 0 amide bonds. The zero-order valence-corrected chi connectivity index (χ0v) is 23.8. The predicted molar refractivity (Wildman–Crippen MR) is 158 cm³/mol. The zero-order valence-electron chi connectivity index (χ0n) is 23.8. The molecule has 0 aromatic heterocycles. The fraction of sp³-hybridized carbons (Fsp3) is 0.200. The van der Waals surface area contributed by atoms with Gasteiger partial charge in [0.15, 0.2) is 18.3 Å². The Morgan fingerprint density at radius 3 is 1.25 bits per heavy atom. The average molecular weight is 595 g/mol. The van der Waals surface area contributed by atoms with Gasteiger partial charge in [-0.1, -0.05) is 72.8 Å². The molecule has 1 aliphatic heterocycles. The molecule has 1 heterocycles. The standard InChI is InChI=1S/C35H30O9/c1-23-29(42-33(37)25-16-8-3-9-17-25)31(44-35(39)27-20-12-5-13-21-27)30(43-34(38)26-18-10-4-11-19-26)28(41-23)22-40-32(36)24-14-6-2-7-15-24/h2-21,23,28-31H,22H2,1H3/t23-,28-,29-,30-,31-/m1/s1.